The first-order valence-corrected chi connectivity index (χ1v) is 7.19. The number of nitro groups is 1. The fraction of sp³-hybridized carbons (Fsp3) is 0.667. The van der Waals surface area contributed by atoms with E-state index in [4.69, 9.17) is 0 Å². The number of sulfonamides is 1. The smallest absolute Gasteiger partial charge is 0.358 e. The Balaban J connectivity index is 2.19. The lowest BCUT2D eigenvalue weighted by Crippen LogP contribution is -2.36. The van der Waals surface area contributed by atoms with Crippen LogP contribution in [0.4, 0.5) is 5.82 Å². The number of rotatable bonds is 4. The molecule has 1 fully saturated rings. The van der Waals surface area contributed by atoms with Crippen LogP contribution in [0.2, 0.25) is 0 Å². The molecular weight excluding hydrogens is 260 g/mol. The second-order valence-corrected chi connectivity index (χ2v) is 5.90. The topological polar surface area (TPSA) is 118 Å². The minimum Gasteiger partial charge on any atom is -0.358 e. The first-order valence-electron chi connectivity index (χ1n) is 5.71. The van der Waals surface area contributed by atoms with Crippen molar-refractivity contribution in [2.45, 2.75) is 43.2 Å². The van der Waals surface area contributed by atoms with Crippen LogP contribution in [0.15, 0.2) is 11.4 Å². The quantitative estimate of drug-likeness (QED) is 0.625. The van der Waals surface area contributed by atoms with Gasteiger partial charge in [0.2, 0.25) is 0 Å². The number of aromatic amines is 1. The minimum atomic E-state index is -3.93. The van der Waals surface area contributed by atoms with Crippen molar-refractivity contribution >= 4 is 15.8 Å². The van der Waals surface area contributed by atoms with Gasteiger partial charge in [-0.2, -0.15) is 4.98 Å². The standard InChI is InChI=1S/C9H14N4O4S/c14-13(15)8-9(11-6-10-8)18(16,17)12-7-4-2-1-3-5-7/h6-7,12H,1-5H2,(H,10,11). The number of nitrogens with zero attached hydrogens (tertiary/aromatic N) is 2. The van der Waals surface area contributed by atoms with Gasteiger partial charge in [-0.15, -0.1) is 0 Å². The summed E-state index contributed by atoms with van der Waals surface area (Å²) in [5, 5.41) is 10.1. The van der Waals surface area contributed by atoms with E-state index in [-0.39, 0.29) is 6.04 Å². The van der Waals surface area contributed by atoms with E-state index in [1.165, 1.54) is 0 Å². The van der Waals surface area contributed by atoms with Gasteiger partial charge in [0.25, 0.3) is 15.0 Å². The van der Waals surface area contributed by atoms with Gasteiger partial charge in [0.15, 0.2) is 6.33 Å². The zero-order valence-corrected chi connectivity index (χ0v) is 10.4. The first kappa shape index (κ1) is 13.0. The molecule has 0 aromatic carbocycles. The summed E-state index contributed by atoms with van der Waals surface area (Å²) in [5.41, 5.74) is 0. The largest absolute Gasteiger partial charge is 0.361 e. The van der Waals surface area contributed by atoms with Crippen LogP contribution in [0.5, 0.6) is 0 Å². The van der Waals surface area contributed by atoms with Crippen LogP contribution in [0, 0.1) is 10.1 Å². The molecule has 2 rings (SSSR count). The third-order valence-corrected chi connectivity index (χ3v) is 4.40. The number of aromatic nitrogens is 2. The van der Waals surface area contributed by atoms with Gasteiger partial charge in [-0.25, -0.2) is 18.1 Å². The fourth-order valence-electron chi connectivity index (χ4n) is 2.10. The summed E-state index contributed by atoms with van der Waals surface area (Å²) >= 11 is 0. The van der Waals surface area contributed by atoms with Crippen molar-refractivity contribution in [2.75, 3.05) is 0 Å². The van der Waals surface area contributed by atoms with Gasteiger partial charge in [0.05, 0.1) is 0 Å². The average molecular weight is 274 g/mol. The van der Waals surface area contributed by atoms with E-state index in [0.29, 0.717) is 0 Å². The monoisotopic (exact) mass is 274 g/mol. The summed E-state index contributed by atoms with van der Waals surface area (Å²) in [6.45, 7) is 0. The highest BCUT2D eigenvalue weighted by Gasteiger charge is 2.30. The zero-order valence-electron chi connectivity index (χ0n) is 9.63. The summed E-state index contributed by atoms with van der Waals surface area (Å²) in [7, 11) is -3.93. The maximum absolute atomic E-state index is 12.0. The molecule has 1 aliphatic carbocycles. The molecule has 9 heteroatoms. The van der Waals surface area contributed by atoms with E-state index >= 15 is 0 Å². The predicted octanol–water partition coefficient (Wildman–Crippen LogP) is 0.929. The molecule has 0 aliphatic heterocycles. The van der Waals surface area contributed by atoms with Crippen molar-refractivity contribution in [1.29, 1.82) is 0 Å². The van der Waals surface area contributed by atoms with Crippen molar-refractivity contribution in [1.82, 2.24) is 14.7 Å². The van der Waals surface area contributed by atoms with E-state index in [9.17, 15) is 18.5 Å². The molecule has 0 unspecified atom stereocenters. The minimum absolute atomic E-state index is 0.153. The molecule has 0 radical (unpaired) electrons. The van der Waals surface area contributed by atoms with Crippen LogP contribution < -0.4 is 4.72 Å². The molecule has 1 saturated carbocycles. The van der Waals surface area contributed by atoms with Crippen LogP contribution >= 0.6 is 0 Å². The summed E-state index contributed by atoms with van der Waals surface area (Å²) < 4.78 is 26.5. The van der Waals surface area contributed by atoms with Crippen LogP contribution in [0.1, 0.15) is 32.1 Å². The van der Waals surface area contributed by atoms with Gasteiger partial charge in [-0.05, 0) is 17.8 Å². The van der Waals surface area contributed by atoms with Crippen LogP contribution in [0.3, 0.4) is 0 Å². The molecule has 1 aromatic rings. The molecule has 0 spiro atoms. The number of H-pyrrole nitrogens is 1. The van der Waals surface area contributed by atoms with Crippen molar-refractivity contribution in [3.63, 3.8) is 0 Å². The molecule has 0 bridgehead atoms. The number of hydrogen-bond donors (Lipinski definition) is 2. The Bertz CT molecular complexity index is 533. The number of hydrogen-bond acceptors (Lipinski definition) is 5. The van der Waals surface area contributed by atoms with E-state index in [1.807, 2.05) is 0 Å². The van der Waals surface area contributed by atoms with Crippen LogP contribution in [0.25, 0.3) is 0 Å². The highest BCUT2D eigenvalue weighted by atomic mass is 32.2. The van der Waals surface area contributed by atoms with Crippen molar-refractivity contribution < 1.29 is 13.3 Å². The summed E-state index contributed by atoms with van der Waals surface area (Å²) in [4.78, 5) is 15.6. The van der Waals surface area contributed by atoms with Gasteiger partial charge in [-0.1, -0.05) is 19.3 Å². The molecule has 100 valence electrons. The summed E-state index contributed by atoms with van der Waals surface area (Å²) in [6.07, 6.45) is 5.56. The Morgan fingerprint density at radius 3 is 2.67 bits per heavy atom. The second kappa shape index (κ2) is 5.02. The van der Waals surface area contributed by atoms with E-state index in [2.05, 4.69) is 14.7 Å². The van der Waals surface area contributed by atoms with Gasteiger partial charge in [0, 0.05) is 6.04 Å². The summed E-state index contributed by atoms with van der Waals surface area (Å²) in [6, 6.07) is -0.153. The molecule has 2 N–H and O–H groups in total. The molecule has 0 saturated heterocycles. The number of nitrogens with one attached hydrogen (secondary N) is 2. The zero-order chi connectivity index (χ0) is 13.2. The molecule has 0 amide bonds. The van der Waals surface area contributed by atoms with Crippen molar-refractivity contribution in [3.8, 4) is 0 Å². The lowest BCUT2D eigenvalue weighted by Gasteiger charge is -2.21. The average Bonchev–Trinajstić information content (AvgIpc) is 2.79. The van der Waals surface area contributed by atoms with E-state index in [1.54, 1.807) is 0 Å². The number of imidazole rings is 1. The Kier molecular flexibility index (Phi) is 3.62. The highest BCUT2D eigenvalue weighted by Crippen LogP contribution is 2.22. The normalized spacial score (nSPS) is 17.8. The maximum Gasteiger partial charge on any atom is 0.361 e. The van der Waals surface area contributed by atoms with Gasteiger partial charge in [0.1, 0.15) is 0 Å². The lowest BCUT2D eigenvalue weighted by atomic mass is 9.96. The SMILES string of the molecule is O=[N+]([O-])c1[nH]cnc1S(=O)(=O)NC1CCCCC1. The highest BCUT2D eigenvalue weighted by molar-refractivity contribution is 7.89. The molecular formula is C9H14N4O4S. The lowest BCUT2D eigenvalue weighted by molar-refractivity contribution is -0.392. The van der Waals surface area contributed by atoms with Crippen LogP contribution in [-0.4, -0.2) is 29.4 Å². The Labute approximate surface area is 104 Å². The molecule has 1 aromatic heterocycles. The third-order valence-electron chi connectivity index (χ3n) is 2.95. The Morgan fingerprint density at radius 1 is 1.39 bits per heavy atom. The Hall–Kier alpha value is -1.48. The Morgan fingerprint density at radius 2 is 2.06 bits per heavy atom. The molecule has 1 heterocycles. The first-order chi connectivity index (χ1) is 8.50. The van der Waals surface area contributed by atoms with Crippen molar-refractivity contribution in [3.05, 3.63) is 16.4 Å². The maximum atomic E-state index is 12.0. The molecule has 8 nitrogen and oxygen atoms in total. The van der Waals surface area contributed by atoms with Crippen molar-refractivity contribution in [2.24, 2.45) is 0 Å². The van der Waals surface area contributed by atoms with E-state index < -0.39 is 25.8 Å². The van der Waals surface area contributed by atoms with Gasteiger partial charge >= 0.3 is 5.82 Å². The molecule has 0 atom stereocenters. The molecule has 18 heavy (non-hydrogen) atoms. The predicted molar refractivity (Wildman–Crippen MR) is 62.4 cm³/mol. The second-order valence-electron chi connectivity index (χ2n) is 4.27. The van der Waals surface area contributed by atoms with Gasteiger partial charge < -0.3 is 10.1 Å². The van der Waals surface area contributed by atoms with Crippen LogP contribution in [-0.2, 0) is 10.0 Å². The molecule has 1 aliphatic rings. The van der Waals surface area contributed by atoms with Gasteiger partial charge in [-0.3, -0.25) is 0 Å². The fourth-order valence-corrected chi connectivity index (χ4v) is 3.46. The third kappa shape index (κ3) is 2.67. The summed E-state index contributed by atoms with van der Waals surface area (Å²) in [5.74, 6) is -0.599. The van der Waals surface area contributed by atoms with E-state index in [0.717, 1.165) is 38.4 Å².